The summed E-state index contributed by atoms with van der Waals surface area (Å²) in [6, 6.07) is 4.07. The number of halogens is 3. The monoisotopic (exact) mass is 426 g/mol. The first-order valence-corrected chi connectivity index (χ1v) is 9.92. The highest BCUT2D eigenvalue weighted by molar-refractivity contribution is 6.07. The van der Waals surface area contributed by atoms with E-state index in [1.54, 1.807) is 13.8 Å². The smallest absolute Gasteiger partial charge is 0.322 e. The quantitative estimate of drug-likeness (QED) is 0.710. The summed E-state index contributed by atoms with van der Waals surface area (Å²) in [4.78, 5) is 38.9. The highest BCUT2D eigenvalue weighted by Gasteiger charge is 2.47. The van der Waals surface area contributed by atoms with Crippen molar-refractivity contribution in [1.29, 1.82) is 0 Å². The summed E-state index contributed by atoms with van der Waals surface area (Å²) < 4.78 is 38.5. The number of amides is 4. The van der Waals surface area contributed by atoms with Crippen LogP contribution in [0.25, 0.3) is 0 Å². The average molecular weight is 426 g/mol. The van der Waals surface area contributed by atoms with Crippen LogP contribution in [0.1, 0.15) is 56.7 Å². The Morgan fingerprint density at radius 2 is 1.90 bits per heavy atom. The zero-order valence-corrected chi connectivity index (χ0v) is 16.9. The van der Waals surface area contributed by atoms with Gasteiger partial charge in [0, 0.05) is 6.04 Å². The number of urea groups is 1. The lowest BCUT2D eigenvalue weighted by Crippen LogP contribution is -2.51. The minimum Gasteiger partial charge on any atom is -0.322 e. The van der Waals surface area contributed by atoms with E-state index in [9.17, 15) is 27.6 Å². The van der Waals surface area contributed by atoms with Gasteiger partial charge in [0.25, 0.3) is 11.8 Å². The molecule has 0 aliphatic carbocycles. The fourth-order valence-corrected chi connectivity index (χ4v) is 3.82. The highest BCUT2D eigenvalue weighted by Crippen LogP contribution is 2.34. The molecule has 4 amide bonds. The molecule has 2 unspecified atom stereocenters. The minimum absolute atomic E-state index is 0.0778. The zero-order chi connectivity index (χ0) is 22.1. The van der Waals surface area contributed by atoms with Gasteiger partial charge < -0.3 is 5.32 Å². The molecule has 2 aliphatic heterocycles. The summed E-state index contributed by atoms with van der Waals surface area (Å²) >= 11 is 0. The van der Waals surface area contributed by atoms with Gasteiger partial charge in [0.2, 0.25) is 0 Å². The Hall–Kier alpha value is -2.62. The van der Waals surface area contributed by atoms with Crippen molar-refractivity contribution in [2.75, 3.05) is 13.1 Å². The van der Waals surface area contributed by atoms with E-state index >= 15 is 0 Å². The Morgan fingerprint density at radius 3 is 2.47 bits per heavy atom. The third-order valence-corrected chi connectivity index (χ3v) is 5.79. The van der Waals surface area contributed by atoms with Crippen LogP contribution in [0.2, 0.25) is 0 Å². The molecular formula is C20H25F3N4O3. The predicted molar refractivity (Wildman–Crippen MR) is 102 cm³/mol. The van der Waals surface area contributed by atoms with E-state index in [1.807, 2.05) is 4.90 Å². The number of hydrogen-bond donors (Lipinski definition) is 2. The fourth-order valence-electron chi connectivity index (χ4n) is 3.82. The highest BCUT2D eigenvalue weighted by atomic mass is 19.4. The molecule has 2 N–H and O–H groups in total. The van der Waals surface area contributed by atoms with Crippen LogP contribution in [0.4, 0.5) is 18.0 Å². The lowest BCUT2D eigenvalue weighted by molar-refractivity contribution is -0.139. The second-order valence-corrected chi connectivity index (χ2v) is 7.89. The number of nitrogens with zero attached hydrogens (tertiary/aromatic N) is 2. The van der Waals surface area contributed by atoms with E-state index in [1.165, 1.54) is 12.1 Å². The molecule has 2 atom stereocenters. The van der Waals surface area contributed by atoms with E-state index in [2.05, 4.69) is 10.7 Å². The number of rotatable bonds is 5. The van der Waals surface area contributed by atoms with Crippen molar-refractivity contribution < 1.29 is 27.6 Å². The van der Waals surface area contributed by atoms with Gasteiger partial charge in [-0.15, -0.1) is 0 Å². The molecule has 1 aromatic rings. The molecule has 1 aromatic carbocycles. The van der Waals surface area contributed by atoms with E-state index in [-0.39, 0.29) is 12.6 Å². The standard InChI is InChI=1S/C20H25F3N4O3/c1-3-19(2)17(29)27(18(30)24-19)25-16(28)12-26-11-5-4-6-15(26)13-7-9-14(10-8-13)20(21,22)23/h7-10,15H,3-6,11-12H2,1-2H3,(H,24,30)(H,25,28). The molecule has 0 radical (unpaired) electrons. The largest absolute Gasteiger partial charge is 0.416 e. The maximum atomic E-state index is 12.8. The minimum atomic E-state index is -4.40. The number of hydrazine groups is 1. The van der Waals surface area contributed by atoms with Gasteiger partial charge in [0.15, 0.2) is 0 Å². The molecule has 2 saturated heterocycles. The molecule has 0 bridgehead atoms. The molecule has 0 saturated carbocycles. The maximum absolute atomic E-state index is 12.8. The number of alkyl halides is 3. The van der Waals surface area contributed by atoms with Crippen molar-refractivity contribution in [2.45, 2.75) is 57.3 Å². The third kappa shape index (κ3) is 4.43. The summed E-state index contributed by atoms with van der Waals surface area (Å²) in [5.74, 6) is -1.06. The summed E-state index contributed by atoms with van der Waals surface area (Å²) in [5.41, 5.74) is 1.28. The number of carbonyl (C=O) groups is 3. The summed E-state index contributed by atoms with van der Waals surface area (Å²) in [6.45, 7) is 3.86. The van der Waals surface area contributed by atoms with Gasteiger partial charge in [0.1, 0.15) is 5.54 Å². The maximum Gasteiger partial charge on any atom is 0.416 e. The number of carbonyl (C=O) groups excluding carboxylic acids is 3. The molecule has 0 spiro atoms. The van der Waals surface area contributed by atoms with Gasteiger partial charge in [-0.3, -0.25) is 19.9 Å². The Morgan fingerprint density at radius 1 is 1.23 bits per heavy atom. The summed E-state index contributed by atoms with van der Waals surface area (Å²) in [5, 5.41) is 3.26. The lowest BCUT2D eigenvalue weighted by atomic mass is 9.94. The van der Waals surface area contributed by atoms with Crippen molar-refractivity contribution >= 4 is 17.8 Å². The van der Waals surface area contributed by atoms with Crippen molar-refractivity contribution in [2.24, 2.45) is 0 Å². The second kappa shape index (κ2) is 8.25. The number of benzene rings is 1. The van der Waals surface area contributed by atoms with Gasteiger partial charge in [-0.05, 0) is 50.4 Å². The van der Waals surface area contributed by atoms with Crippen molar-refractivity contribution in [3.63, 3.8) is 0 Å². The van der Waals surface area contributed by atoms with Crippen LogP contribution in [0.15, 0.2) is 24.3 Å². The number of likely N-dealkylation sites (tertiary alicyclic amines) is 1. The molecule has 3 rings (SSSR count). The van der Waals surface area contributed by atoms with Crippen LogP contribution < -0.4 is 10.7 Å². The van der Waals surface area contributed by atoms with E-state index in [0.717, 1.165) is 25.0 Å². The van der Waals surface area contributed by atoms with Crippen LogP contribution in [-0.4, -0.2) is 46.4 Å². The predicted octanol–water partition coefficient (Wildman–Crippen LogP) is 2.98. The van der Waals surface area contributed by atoms with Crippen LogP contribution in [0.5, 0.6) is 0 Å². The molecule has 2 heterocycles. The molecule has 0 aromatic heterocycles. The van der Waals surface area contributed by atoms with Crippen molar-refractivity contribution in [1.82, 2.24) is 20.7 Å². The SMILES string of the molecule is CCC1(C)NC(=O)N(NC(=O)CN2CCCCC2c2ccc(C(F)(F)F)cc2)C1=O. The third-order valence-electron chi connectivity index (χ3n) is 5.79. The van der Waals surface area contributed by atoms with Crippen molar-refractivity contribution in [3.8, 4) is 0 Å². The van der Waals surface area contributed by atoms with Crippen molar-refractivity contribution in [3.05, 3.63) is 35.4 Å². The average Bonchev–Trinajstić information content (AvgIpc) is 2.91. The molecule has 10 heteroatoms. The Balaban J connectivity index is 1.68. The number of nitrogens with one attached hydrogen (secondary N) is 2. The summed E-state index contributed by atoms with van der Waals surface area (Å²) in [7, 11) is 0. The molecule has 2 aliphatic rings. The van der Waals surface area contributed by atoms with Crippen LogP contribution >= 0.6 is 0 Å². The normalized spacial score (nSPS) is 25.4. The van der Waals surface area contributed by atoms with E-state index in [4.69, 9.17) is 0 Å². The molecule has 2 fully saturated rings. The Kier molecular flexibility index (Phi) is 6.07. The molecule has 7 nitrogen and oxygen atoms in total. The second-order valence-electron chi connectivity index (χ2n) is 7.89. The lowest BCUT2D eigenvalue weighted by Gasteiger charge is -2.35. The topological polar surface area (TPSA) is 81.8 Å². The van der Waals surface area contributed by atoms with Gasteiger partial charge in [-0.2, -0.15) is 18.2 Å². The molecule has 164 valence electrons. The van der Waals surface area contributed by atoms with Crippen LogP contribution in [0, 0.1) is 0 Å². The molecule has 30 heavy (non-hydrogen) atoms. The van der Waals surface area contributed by atoms with Crippen LogP contribution in [-0.2, 0) is 15.8 Å². The van der Waals surface area contributed by atoms with Crippen LogP contribution in [0.3, 0.4) is 0 Å². The van der Waals surface area contributed by atoms with E-state index < -0.39 is 35.1 Å². The fraction of sp³-hybridized carbons (Fsp3) is 0.550. The van der Waals surface area contributed by atoms with E-state index in [0.29, 0.717) is 30.0 Å². The molecular weight excluding hydrogens is 401 g/mol. The number of piperidine rings is 1. The summed E-state index contributed by atoms with van der Waals surface area (Å²) in [6.07, 6.45) is -1.57. The van der Waals surface area contributed by atoms with Gasteiger partial charge in [-0.1, -0.05) is 25.5 Å². The number of hydrogen-bond acceptors (Lipinski definition) is 4. The first-order valence-electron chi connectivity index (χ1n) is 9.92. The first kappa shape index (κ1) is 22.1. The van der Waals surface area contributed by atoms with Gasteiger partial charge in [-0.25, -0.2) is 4.79 Å². The Bertz CT molecular complexity index is 828. The zero-order valence-electron chi connectivity index (χ0n) is 16.9. The number of imide groups is 1. The first-order chi connectivity index (χ1) is 14.0. The van der Waals surface area contributed by atoms with Gasteiger partial charge >= 0.3 is 12.2 Å². The Labute approximate surface area is 172 Å². The van der Waals surface area contributed by atoms with Gasteiger partial charge in [0.05, 0.1) is 12.1 Å².